The Balaban J connectivity index is 1.34. The van der Waals surface area contributed by atoms with E-state index in [1.165, 1.54) is 0 Å². The zero-order valence-corrected chi connectivity index (χ0v) is 24.4. The van der Waals surface area contributed by atoms with E-state index in [1.54, 1.807) is 48.5 Å². The van der Waals surface area contributed by atoms with Gasteiger partial charge in [0.05, 0.1) is 0 Å². The zero-order valence-electron chi connectivity index (χ0n) is 22.1. The van der Waals surface area contributed by atoms with E-state index in [0.29, 0.717) is 44.4 Å². The lowest BCUT2D eigenvalue weighted by Crippen LogP contribution is -2.13. The third-order valence-electron chi connectivity index (χ3n) is 6.41. The molecule has 0 aromatic heterocycles. The number of ether oxygens (including phenoxy) is 2. The summed E-state index contributed by atoms with van der Waals surface area (Å²) < 4.78 is 11.9. The van der Waals surface area contributed by atoms with Crippen molar-refractivity contribution in [2.45, 2.75) is 13.2 Å². The molecule has 8 heteroatoms. The van der Waals surface area contributed by atoms with Gasteiger partial charge in [-0.1, -0.05) is 83.3 Å². The zero-order chi connectivity index (χ0) is 29.5. The molecule has 0 saturated heterocycles. The summed E-state index contributed by atoms with van der Waals surface area (Å²) in [5.41, 5.74) is 2.78. The van der Waals surface area contributed by atoms with Crippen LogP contribution < -0.4 is 14.8 Å². The minimum Gasteiger partial charge on any atom is -0.489 e. The standard InChI is InChI=1S/C34H23Cl3N2O3/c35-26-9-5-22(6-10-26)20-41-29-14-12-28(13-15-29)39-34(40)25(19-38)17-31-30-4-2-1-3-23(30)8-16-33(31)42-21-24-7-11-27(36)18-32(24)37/h1-18H,20-21H2,(H,39,40)/b25-17+. The van der Waals surface area contributed by atoms with Crippen LogP contribution in [0.2, 0.25) is 15.1 Å². The lowest BCUT2D eigenvalue weighted by atomic mass is 10.0. The minimum atomic E-state index is -0.549. The Kier molecular flexibility index (Phi) is 9.31. The molecule has 0 heterocycles. The normalized spacial score (nSPS) is 11.1. The maximum absolute atomic E-state index is 13.2. The van der Waals surface area contributed by atoms with E-state index in [4.69, 9.17) is 44.3 Å². The Morgan fingerprint density at radius 2 is 1.55 bits per heavy atom. The molecule has 0 aliphatic heterocycles. The minimum absolute atomic E-state index is 0.0798. The number of amides is 1. The number of carbonyl (C=O) groups is 1. The monoisotopic (exact) mass is 612 g/mol. The van der Waals surface area contributed by atoms with Gasteiger partial charge in [0.1, 0.15) is 36.4 Å². The van der Waals surface area contributed by atoms with Crippen LogP contribution >= 0.6 is 34.8 Å². The summed E-state index contributed by atoms with van der Waals surface area (Å²) in [6.07, 6.45) is 1.54. The number of fused-ring (bicyclic) bond motifs is 1. The number of hydrogen-bond acceptors (Lipinski definition) is 4. The average molecular weight is 614 g/mol. The van der Waals surface area contributed by atoms with Crippen molar-refractivity contribution in [1.82, 2.24) is 0 Å². The van der Waals surface area contributed by atoms with Crippen molar-refractivity contribution in [2.75, 3.05) is 5.32 Å². The quantitative estimate of drug-likeness (QED) is 0.133. The van der Waals surface area contributed by atoms with Crippen molar-refractivity contribution < 1.29 is 14.3 Å². The first-order valence-electron chi connectivity index (χ1n) is 12.9. The molecule has 0 atom stereocenters. The van der Waals surface area contributed by atoms with Crippen LogP contribution in [-0.4, -0.2) is 5.91 Å². The van der Waals surface area contributed by atoms with Crippen LogP contribution in [0.4, 0.5) is 5.69 Å². The molecule has 5 aromatic rings. The van der Waals surface area contributed by atoms with Gasteiger partial charge in [-0.05, 0) is 77.0 Å². The predicted molar refractivity (Wildman–Crippen MR) is 169 cm³/mol. The highest BCUT2D eigenvalue weighted by atomic mass is 35.5. The fourth-order valence-electron chi connectivity index (χ4n) is 4.22. The lowest BCUT2D eigenvalue weighted by Gasteiger charge is -2.14. The van der Waals surface area contributed by atoms with E-state index in [0.717, 1.165) is 21.9 Å². The number of benzene rings is 5. The molecule has 5 aromatic carbocycles. The molecule has 208 valence electrons. The topological polar surface area (TPSA) is 71.3 Å². The van der Waals surface area contributed by atoms with Crippen LogP contribution in [-0.2, 0) is 18.0 Å². The van der Waals surface area contributed by atoms with E-state index >= 15 is 0 Å². The summed E-state index contributed by atoms with van der Waals surface area (Å²) in [5.74, 6) is 0.590. The number of anilines is 1. The smallest absolute Gasteiger partial charge is 0.266 e. The molecule has 0 aliphatic rings. The highest BCUT2D eigenvalue weighted by Crippen LogP contribution is 2.32. The van der Waals surface area contributed by atoms with Crippen LogP contribution in [0.25, 0.3) is 16.8 Å². The summed E-state index contributed by atoms with van der Waals surface area (Å²) in [7, 11) is 0. The maximum atomic E-state index is 13.2. The van der Waals surface area contributed by atoms with Gasteiger partial charge < -0.3 is 14.8 Å². The van der Waals surface area contributed by atoms with Crippen molar-refractivity contribution in [3.63, 3.8) is 0 Å². The number of carbonyl (C=O) groups excluding carboxylic acids is 1. The molecule has 1 N–H and O–H groups in total. The number of hydrogen-bond donors (Lipinski definition) is 1. The van der Waals surface area contributed by atoms with Crippen LogP contribution in [0.3, 0.4) is 0 Å². The summed E-state index contributed by atoms with van der Waals surface area (Å²) in [5, 5.41) is 16.2. The molecule has 42 heavy (non-hydrogen) atoms. The second-order valence-electron chi connectivity index (χ2n) is 9.29. The number of rotatable bonds is 9. The van der Waals surface area contributed by atoms with Crippen molar-refractivity contribution in [3.8, 4) is 17.6 Å². The largest absolute Gasteiger partial charge is 0.489 e. The highest BCUT2D eigenvalue weighted by Gasteiger charge is 2.15. The third-order valence-corrected chi connectivity index (χ3v) is 7.25. The molecular formula is C34H23Cl3N2O3. The third kappa shape index (κ3) is 7.23. The molecule has 5 rings (SSSR count). The molecule has 0 radical (unpaired) electrons. The fraction of sp³-hybridized carbons (Fsp3) is 0.0588. The number of nitriles is 1. The van der Waals surface area contributed by atoms with Crippen LogP contribution in [0.5, 0.6) is 11.5 Å². The molecule has 1 amide bonds. The molecule has 0 spiro atoms. The van der Waals surface area contributed by atoms with Crippen LogP contribution in [0.15, 0.2) is 109 Å². The van der Waals surface area contributed by atoms with E-state index in [-0.39, 0.29) is 12.2 Å². The van der Waals surface area contributed by atoms with Gasteiger partial charge in [0.2, 0.25) is 0 Å². The Morgan fingerprint density at radius 3 is 2.29 bits per heavy atom. The first kappa shape index (κ1) is 29.0. The fourth-order valence-corrected chi connectivity index (χ4v) is 4.81. The number of nitrogens with zero attached hydrogens (tertiary/aromatic N) is 1. The highest BCUT2D eigenvalue weighted by molar-refractivity contribution is 6.35. The SMILES string of the molecule is N#C/C(=C\c1c(OCc2ccc(Cl)cc2Cl)ccc2ccccc12)C(=O)Nc1ccc(OCc2ccc(Cl)cc2)cc1. The lowest BCUT2D eigenvalue weighted by molar-refractivity contribution is -0.112. The van der Waals surface area contributed by atoms with Crippen LogP contribution in [0.1, 0.15) is 16.7 Å². The summed E-state index contributed by atoms with van der Waals surface area (Å²) in [4.78, 5) is 13.2. The Labute approximate surface area is 258 Å². The van der Waals surface area contributed by atoms with Crippen molar-refractivity contribution in [1.29, 1.82) is 5.26 Å². The molecule has 5 nitrogen and oxygen atoms in total. The molecule has 0 aliphatic carbocycles. The molecule has 0 saturated carbocycles. The summed E-state index contributed by atoms with van der Waals surface area (Å²) in [6, 6.07) is 33.0. The van der Waals surface area contributed by atoms with Crippen molar-refractivity contribution in [2.24, 2.45) is 0 Å². The second-order valence-corrected chi connectivity index (χ2v) is 10.6. The van der Waals surface area contributed by atoms with Gasteiger partial charge in [0, 0.05) is 31.9 Å². The maximum Gasteiger partial charge on any atom is 0.266 e. The van der Waals surface area contributed by atoms with Crippen LogP contribution in [0, 0.1) is 11.3 Å². The van der Waals surface area contributed by atoms with Gasteiger partial charge in [-0.25, -0.2) is 0 Å². The van der Waals surface area contributed by atoms with E-state index in [9.17, 15) is 10.1 Å². The first-order valence-corrected chi connectivity index (χ1v) is 14.0. The summed E-state index contributed by atoms with van der Waals surface area (Å²) in [6.45, 7) is 0.555. The van der Waals surface area contributed by atoms with Gasteiger partial charge >= 0.3 is 0 Å². The first-order chi connectivity index (χ1) is 20.4. The molecule has 0 fully saturated rings. The molecular weight excluding hydrogens is 591 g/mol. The van der Waals surface area contributed by atoms with E-state index in [1.807, 2.05) is 66.7 Å². The predicted octanol–water partition coefficient (Wildman–Crippen LogP) is 9.50. The molecule has 0 unspecified atom stereocenters. The number of halogens is 3. The van der Waals surface area contributed by atoms with Crippen molar-refractivity contribution in [3.05, 3.63) is 140 Å². The second kappa shape index (κ2) is 13.5. The average Bonchev–Trinajstić information content (AvgIpc) is 3.00. The number of nitrogens with one attached hydrogen (secondary N) is 1. The molecule has 0 bridgehead atoms. The van der Waals surface area contributed by atoms with Gasteiger partial charge in [-0.2, -0.15) is 5.26 Å². The van der Waals surface area contributed by atoms with Crippen molar-refractivity contribution >= 4 is 63.2 Å². The van der Waals surface area contributed by atoms with Gasteiger partial charge in [-0.3, -0.25) is 4.79 Å². The Morgan fingerprint density at radius 1 is 0.810 bits per heavy atom. The van der Waals surface area contributed by atoms with Gasteiger partial charge in [0.15, 0.2) is 0 Å². The van der Waals surface area contributed by atoms with Gasteiger partial charge in [0.25, 0.3) is 5.91 Å². The van der Waals surface area contributed by atoms with E-state index in [2.05, 4.69) is 5.32 Å². The van der Waals surface area contributed by atoms with E-state index < -0.39 is 5.91 Å². The summed E-state index contributed by atoms with van der Waals surface area (Å²) >= 11 is 18.3. The Bertz CT molecular complexity index is 1810. The Hall–Kier alpha value is -4.47. The van der Waals surface area contributed by atoms with Gasteiger partial charge in [-0.15, -0.1) is 0 Å².